The topological polar surface area (TPSA) is 96.0 Å². The fourth-order valence-corrected chi connectivity index (χ4v) is 5.98. The lowest BCUT2D eigenvalue weighted by Crippen LogP contribution is -2.48. The Labute approximate surface area is 297 Å². The predicted octanol–water partition coefficient (Wildman–Crippen LogP) is 7.38. The second-order valence-corrected chi connectivity index (χ2v) is 13.5. The van der Waals surface area contributed by atoms with Gasteiger partial charge in [0.15, 0.2) is 0 Å². The van der Waals surface area contributed by atoms with Crippen molar-refractivity contribution in [1.82, 2.24) is 4.90 Å². The molecule has 50 heavy (non-hydrogen) atoms. The molecule has 0 spiro atoms. The van der Waals surface area contributed by atoms with Gasteiger partial charge in [-0.05, 0) is 75.1 Å². The Kier molecular flexibility index (Phi) is 14.9. The SMILES string of the molecule is COCCCN(C(C)=O)c1cccc(COC2CN(C(=O)OC(C)(C)C)CCC2c2ccc(OCCCOCc3ccccc3OC)cc2)c1. The molecule has 0 aliphatic carbocycles. The first kappa shape index (κ1) is 38.7. The number of methoxy groups -OCH3 is 2. The minimum absolute atomic E-state index is 0.0237. The highest BCUT2D eigenvalue weighted by molar-refractivity contribution is 5.91. The van der Waals surface area contributed by atoms with Gasteiger partial charge >= 0.3 is 6.09 Å². The molecule has 272 valence electrons. The number of amides is 2. The molecular formula is C40H54N2O8. The molecule has 3 aromatic carbocycles. The molecule has 1 saturated heterocycles. The number of rotatable bonds is 17. The maximum Gasteiger partial charge on any atom is 0.410 e. The molecule has 1 heterocycles. The zero-order valence-electron chi connectivity index (χ0n) is 30.5. The van der Waals surface area contributed by atoms with E-state index in [4.69, 9.17) is 28.4 Å². The lowest BCUT2D eigenvalue weighted by molar-refractivity contribution is -0.116. The van der Waals surface area contributed by atoms with E-state index in [9.17, 15) is 9.59 Å². The van der Waals surface area contributed by atoms with Crippen molar-refractivity contribution >= 4 is 17.7 Å². The third-order valence-corrected chi connectivity index (χ3v) is 8.47. The second kappa shape index (κ2) is 19.3. The summed E-state index contributed by atoms with van der Waals surface area (Å²) in [5.41, 5.74) is 3.33. The number of carbonyl (C=O) groups excluding carboxylic acids is 2. The number of likely N-dealkylation sites (tertiary alicyclic amines) is 1. The van der Waals surface area contributed by atoms with Crippen molar-refractivity contribution in [2.45, 2.75) is 77.8 Å². The van der Waals surface area contributed by atoms with Gasteiger partial charge in [0, 0.05) is 57.3 Å². The van der Waals surface area contributed by atoms with Crippen LogP contribution in [0.25, 0.3) is 0 Å². The number of piperidine rings is 1. The molecule has 2 amide bonds. The quantitative estimate of drug-likeness (QED) is 0.136. The van der Waals surface area contributed by atoms with E-state index in [1.807, 2.05) is 81.4 Å². The summed E-state index contributed by atoms with van der Waals surface area (Å²) >= 11 is 0. The molecule has 4 rings (SSSR count). The Morgan fingerprint density at radius 3 is 2.40 bits per heavy atom. The van der Waals surface area contributed by atoms with E-state index in [0.717, 1.165) is 53.1 Å². The van der Waals surface area contributed by atoms with E-state index in [-0.39, 0.29) is 24.0 Å². The van der Waals surface area contributed by atoms with Crippen molar-refractivity contribution in [3.8, 4) is 11.5 Å². The number of hydrogen-bond acceptors (Lipinski definition) is 8. The van der Waals surface area contributed by atoms with Gasteiger partial charge in [0.1, 0.15) is 17.1 Å². The van der Waals surface area contributed by atoms with Crippen LogP contribution in [-0.4, -0.2) is 82.3 Å². The van der Waals surface area contributed by atoms with E-state index in [1.54, 1.807) is 30.9 Å². The van der Waals surface area contributed by atoms with Gasteiger partial charge in [-0.1, -0.05) is 42.5 Å². The molecular weight excluding hydrogens is 636 g/mol. The summed E-state index contributed by atoms with van der Waals surface area (Å²) in [6, 6.07) is 23.9. The first-order valence-electron chi connectivity index (χ1n) is 17.5. The summed E-state index contributed by atoms with van der Waals surface area (Å²) < 4.78 is 34.7. The van der Waals surface area contributed by atoms with Gasteiger partial charge < -0.3 is 38.2 Å². The van der Waals surface area contributed by atoms with E-state index in [2.05, 4.69) is 12.1 Å². The van der Waals surface area contributed by atoms with Crippen molar-refractivity contribution in [2.75, 3.05) is 58.6 Å². The Morgan fingerprint density at radius 1 is 0.900 bits per heavy atom. The lowest BCUT2D eigenvalue weighted by Gasteiger charge is -2.39. The van der Waals surface area contributed by atoms with Gasteiger partial charge in [-0.2, -0.15) is 0 Å². The molecule has 0 N–H and O–H groups in total. The maximum atomic E-state index is 13.1. The minimum Gasteiger partial charge on any atom is -0.496 e. The van der Waals surface area contributed by atoms with Crippen LogP contribution < -0.4 is 14.4 Å². The van der Waals surface area contributed by atoms with Gasteiger partial charge in [-0.15, -0.1) is 0 Å². The van der Waals surface area contributed by atoms with Crippen LogP contribution in [0.15, 0.2) is 72.8 Å². The summed E-state index contributed by atoms with van der Waals surface area (Å²) in [7, 11) is 3.32. The van der Waals surface area contributed by atoms with Crippen molar-refractivity contribution in [3.05, 3.63) is 89.5 Å². The Bertz CT molecular complexity index is 1490. The van der Waals surface area contributed by atoms with Crippen molar-refractivity contribution in [1.29, 1.82) is 0 Å². The number of carbonyl (C=O) groups is 2. The van der Waals surface area contributed by atoms with Crippen molar-refractivity contribution in [3.63, 3.8) is 0 Å². The first-order chi connectivity index (χ1) is 24.1. The van der Waals surface area contributed by atoms with E-state index in [0.29, 0.717) is 52.7 Å². The van der Waals surface area contributed by atoms with Gasteiger partial charge in [0.05, 0.1) is 46.2 Å². The summed E-state index contributed by atoms with van der Waals surface area (Å²) in [6.45, 7) is 11.3. The monoisotopic (exact) mass is 690 g/mol. The molecule has 2 unspecified atom stereocenters. The molecule has 0 radical (unpaired) electrons. The average molecular weight is 691 g/mol. The number of nitrogens with zero attached hydrogens (tertiary/aromatic N) is 2. The predicted molar refractivity (Wildman–Crippen MR) is 194 cm³/mol. The molecule has 10 nitrogen and oxygen atoms in total. The Morgan fingerprint density at radius 2 is 1.68 bits per heavy atom. The van der Waals surface area contributed by atoms with Crippen molar-refractivity contribution in [2.24, 2.45) is 0 Å². The highest BCUT2D eigenvalue weighted by atomic mass is 16.6. The Hall–Kier alpha value is -4.12. The average Bonchev–Trinajstić information content (AvgIpc) is 3.10. The van der Waals surface area contributed by atoms with Crippen LogP contribution in [0.5, 0.6) is 11.5 Å². The standard InChI is InChI=1S/C40H54N2O8/c1-30(43)42(21-10-23-45-5)34-14-9-12-31(26-34)28-49-38-27-41(39(44)50-40(2,3)4)22-20-36(38)32-16-18-35(19-17-32)48-25-11-24-47-29-33-13-7-8-15-37(33)46-6/h7-9,12-19,26,36,38H,10-11,20-25,27-29H2,1-6H3. The van der Waals surface area contributed by atoms with E-state index in [1.165, 1.54) is 0 Å². The molecule has 2 atom stereocenters. The fraction of sp³-hybridized carbons (Fsp3) is 0.500. The van der Waals surface area contributed by atoms with Crippen LogP contribution in [-0.2, 0) is 37.0 Å². The van der Waals surface area contributed by atoms with Crippen LogP contribution in [0.1, 0.15) is 69.6 Å². The molecule has 1 aliphatic rings. The Balaban J connectivity index is 1.37. The number of ether oxygens (including phenoxy) is 6. The molecule has 1 aliphatic heterocycles. The van der Waals surface area contributed by atoms with Crippen LogP contribution in [0.3, 0.4) is 0 Å². The molecule has 3 aromatic rings. The third-order valence-electron chi connectivity index (χ3n) is 8.47. The third kappa shape index (κ3) is 12.0. The molecule has 0 aromatic heterocycles. The zero-order valence-corrected chi connectivity index (χ0v) is 30.5. The minimum atomic E-state index is -0.589. The van der Waals surface area contributed by atoms with Crippen LogP contribution in [0.2, 0.25) is 0 Å². The summed E-state index contributed by atoms with van der Waals surface area (Å²) in [5, 5.41) is 0. The number of anilines is 1. The molecule has 1 fully saturated rings. The lowest BCUT2D eigenvalue weighted by atomic mass is 9.87. The summed E-state index contributed by atoms with van der Waals surface area (Å²) in [5.74, 6) is 1.66. The summed E-state index contributed by atoms with van der Waals surface area (Å²) in [6.07, 6.45) is 1.62. The maximum absolute atomic E-state index is 13.1. The van der Waals surface area contributed by atoms with Crippen molar-refractivity contribution < 1.29 is 38.0 Å². The van der Waals surface area contributed by atoms with Crippen LogP contribution in [0, 0.1) is 0 Å². The molecule has 10 heteroatoms. The first-order valence-corrected chi connectivity index (χ1v) is 17.5. The van der Waals surface area contributed by atoms with E-state index < -0.39 is 5.60 Å². The highest BCUT2D eigenvalue weighted by Crippen LogP contribution is 2.33. The van der Waals surface area contributed by atoms with Gasteiger partial charge in [-0.3, -0.25) is 4.79 Å². The zero-order chi connectivity index (χ0) is 35.9. The fourth-order valence-electron chi connectivity index (χ4n) is 5.98. The van der Waals surface area contributed by atoms with Crippen LogP contribution >= 0.6 is 0 Å². The van der Waals surface area contributed by atoms with E-state index >= 15 is 0 Å². The number of benzene rings is 3. The van der Waals surface area contributed by atoms with Gasteiger partial charge in [0.25, 0.3) is 0 Å². The van der Waals surface area contributed by atoms with Gasteiger partial charge in [-0.25, -0.2) is 4.79 Å². The smallest absolute Gasteiger partial charge is 0.410 e. The normalized spacial score (nSPS) is 16.2. The highest BCUT2D eigenvalue weighted by Gasteiger charge is 2.35. The molecule has 0 saturated carbocycles. The number of para-hydroxylation sites is 1. The summed E-state index contributed by atoms with van der Waals surface area (Å²) in [4.78, 5) is 29.0. The largest absolute Gasteiger partial charge is 0.496 e. The van der Waals surface area contributed by atoms with Crippen LogP contribution in [0.4, 0.5) is 10.5 Å². The second-order valence-electron chi connectivity index (χ2n) is 13.5. The number of hydrogen-bond donors (Lipinski definition) is 0. The van der Waals surface area contributed by atoms with Gasteiger partial charge in [0.2, 0.25) is 5.91 Å². The molecule has 0 bridgehead atoms.